The molecular weight excluding hydrogens is 286 g/mol. The fourth-order valence-corrected chi connectivity index (χ4v) is 2.63. The van der Waals surface area contributed by atoms with Gasteiger partial charge in [-0.1, -0.05) is 12.1 Å². The van der Waals surface area contributed by atoms with Gasteiger partial charge in [0.25, 0.3) is 0 Å². The van der Waals surface area contributed by atoms with Gasteiger partial charge in [-0.05, 0) is 37.6 Å². The van der Waals surface area contributed by atoms with Gasteiger partial charge in [0.1, 0.15) is 0 Å². The zero-order valence-corrected chi connectivity index (χ0v) is 13.4. The van der Waals surface area contributed by atoms with Crippen LogP contribution in [0.3, 0.4) is 0 Å². The highest BCUT2D eigenvalue weighted by atomic mass is 32.2. The summed E-state index contributed by atoms with van der Waals surface area (Å²) < 4.78 is 23.0. The Morgan fingerprint density at radius 2 is 1.76 bits per heavy atom. The van der Waals surface area contributed by atoms with Crippen LogP contribution >= 0.6 is 0 Å². The Kier molecular flexibility index (Phi) is 4.27. The molecule has 0 aliphatic rings. The first-order valence-electron chi connectivity index (χ1n) is 6.61. The summed E-state index contributed by atoms with van der Waals surface area (Å²) in [6.45, 7) is 3.95. The molecule has 0 bridgehead atoms. The topological polar surface area (TPSA) is 63.2 Å². The van der Waals surface area contributed by atoms with Crippen LogP contribution in [0, 0.1) is 6.92 Å². The summed E-state index contributed by atoms with van der Waals surface area (Å²) in [6, 6.07) is 8.81. The third-order valence-corrected chi connectivity index (χ3v) is 4.60. The zero-order chi connectivity index (χ0) is 15.6. The van der Waals surface area contributed by atoms with Crippen LogP contribution in [0.4, 0.5) is 5.95 Å². The van der Waals surface area contributed by atoms with Crippen LogP contribution in [0.2, 0.25) is 0 Å². The standard InChI is InChI=1S/C15H19N3O2S/c1-11-9-10-16-15(17-11)18(3)12(2)13-5-7-14(8-6-13)21(4,19)20/h5-10,12H,1-4H3/t12-/m1/s1. The Bertz CT molecular complexity index is 727. The van der Waals surface area contributed by atoms with E-state index in [1.165, 1.54) is 6.26 Å². The molecule has 1 aromatic carbocycles. The number of aryl methyl sites for hydroxylation is 1. The van der Waals surface area contributed by atoms with Gasteiger partial charge in [-0.25, -0.2) is 18.4 Å². The second-order valence-electron chi connectivity index (χ2n) is 5.13. The lowest BCUT2D eigenvalue weighted by Gasteiger charge is -2.25. The Labute approximate surface area is 125 Å². The Morgan fingerprint density at radius 3 is 2.29 bits per heavy atom. The minimum Gasteiger partial charge on any atom is -0.337 e. The Balaban J connectivity index is 2.25. The van der Waals surface area contributed by atoms with Crippen LogP contribution in [0.15, 0.2) is 41.4 Å². The van der Waals surface area contributed by atoms with E-state index in [0.29, 0.717) is 10.8 Å². The fraction of sp³-hybridized carbons (Fsp3) is 0.333. The Morgan fingerprint density at radius 1 is 1.14 bits per heavy atom. The van der Waals surface area contributed by atoms with Crippen molar-refractivity contribution in [1.82, 2.24) is 9.97 Å². The van der Waals surface area contributed by atoms with E-state index in [1.807, 2.05) is 44.0 Å². The molecule has 0 amide bonds. The first-order valence-corrected chi connectivity index (χ1v) is 8.50. The molecule has 21 heavy (non-hydrogen) atoms. The van der Waals surface area contributed by atoms with Gasteiger partial charge >= 0.3 is 0 Å². The third-order valence-electron chi connectivity index (χ3n) is 3.47. The lowest BCUT2D eigenvalue weighted by Crippen LogP contribution is -2.23. The average Bonchev–Trinajstić information content (AvgIpc) is 2.45. The molecule has 5 nitrogen and oxygen atoms in total. The molecule has 2 rings (SSSR count). The van der Waals surface area contributed by atoms with Crippen molar-refractivity contribution >= 4 is 15.8 Å². The number of rotatable bonds is 4. The molecule has 1 heterocycles. The van der Waals surface area contributed by atoms with E-state index >= 15 is 0 Å². The summed E-state index contributed by atoms with van der Waals surface area (Å²) >= 11 is 0. The van der Waals surface area contributed by atoms with Crippen molar-refractivity contribution in [2.45, 2.75) is 24.8 Å². The smallest absolute Gasteiger partial charge is 0.225 e. The van der Waals surface area contributed by atoms with Gasteiger partial charge in [-0.3, -0.25) is 0 Å². The van der Waals surface area contributed by atoms with E-state index in [0.717, 1.165) is 11.3 Å². The van der Waals surface area contributed by atoms with Crippen molar-refractivity contribution in [3.63, 3.8) is 0 Å². The van der Waals surface area contributed by atoms with Crippen LogP contribution in [-0.4, -0.2) is 31.7 Å². The molecule has 0 unspecified atom stereocenters. The van der Waals surface area contributed by atoms with Gasteiger partial charge in [0.2, 0.25) is 5.95 Å². The van der Waals surface area contributed by atoms with E-state index in [2.05, 4.69) is 9.97 Å². The fourth-order valence-electron chi connectivity index (χ4n) is 2.00. The molecule has 0 spiro atoms. The molecule has 0 aliphatic heterocycles. The molecule has 0 N–H and O–H groups in total. The number of sulfone groups is 1. The molecular formula is C15H19N3O2S. The van der Waals surface area contributed by atoms with E-state index in [1.54, 1.807) is 18.3 Å². The van der Waals surface area contributed by atoms with Gasteiger partial charge in [-0.2, -0.15) is 0 Å². The highest BCUT2D eigenvalue weighted by Crippen LogP contribution is 2.23. The minimum absolute atomic E-state index is 0.0420. The van der Waals surface area contributed by atoms with Gasteiger partial charge in [0.05, 0.1) is 10.9 Å². The summed E-state index contributed by atoms with van der Waals surface area (Å²) in [5, 5.41) is 0. The van der Waals surface area contributed by atoms with Gasteiger partial charge in [0.15, 0.2) is 9.84 Å². The third kappa shape index (κ3) is 3.58. The van der Waals surface area contributed by atoms with Crippen LogP contribution in [0.5, 0.6) is 0 Å². The summed E-state index contributed by atoms with van der Waals surface area (Å²) in [5.74, 6) is 0.648. The number of hydrogen-bond donors (Lipinski definition) is 0. The van der Waals surface area contributed by atoms with E-state index in [4.69, 9.17) is 0 Å². The van der Waals surface area contributed by atoms with Crippen molar-refractivity contribution in [3.8, 4) is 0 Å². The highest BCUT2D eigenvalue weighted by Gasteiger charge is 2.15. The molecule has 1 aromatic heterocycles. The van der Waals surface area contributed by atoms with E-state index in [-0.39, 0.29) is 6.04 Å². The van der Waals surface area contributed by atoms with Crippen molar-refractivity contribution < 1.29 is 8.42 Å². The number of aromatic nitrogens is 2. The summed E-state index contributed by atoms with van der Waals surface area (Å²) in [7, 11) is -1.24. The molecule has 0 radical (unpaired) electrons. The van der Waals surface area contributed by atoms with E-state index in [9.17, 15) is 8.42 Å². The number of benzene rings is 1. The predicted octanol–water partition coefficient (Wildman–Crippen LogP) is 2.39. The summed E-state index contributed by atoms with van der Waals surface area (Å²) in [5.41, 5.74) is 1.92. The van der Waals surface area contributed by atoms with Gasteiger partial charge < -0.3 is 4.90 Å². The monoisotopic (exact) mass is 305 g/mol. The highest BCUT2D eigenvalue weighted by molar-refractivity contribution is 7.90. The van der Waals surface area contributed by atoms with Crippen LogP contribution < -0.4 is 4.90 Å². The number of nitrogens with zero attached hydrogens (tertiary/aromatic N) is 3. The lowest BCUT2D eigenvalue weighted by molar-refractivity contribution is 0.601. The molecule has 112 valence electrons. The first-order chi connectivity index (χ1) is 9.79. The maximum Gasteiger partial charge on any atom is 0.225 e. The Hall–Kier alpha value is -1.95. The average molecular weight is 305 g/mol. The normalized spacial score (nSPS) is 13.0. The predicted molar refractivity (Wildman–Crippen MR) is 83.1 cm³/mol. The molecule has 0 saturated carbocycles. The molecule has 0 fully saturated rings. The second kappa shape index (κ2) is 5.81. The molecule has 6 heteroatoms. The van der Waals surface area contributed by atoms with Crippen LogP contribution in [0.1, 0.15) is 24.2 Å². The molecule has 2 aromatic rings. The van der Waals surface area contributed by atoms with Crippen molar-refractivity contribution in [1.29, 1.82) is 0 Å². The van der Waals surface area contributed by atoms with E-state index < -0.39 is 9.84 Å². The molecule has 0 aliphatic carbocycles. The minimum atomic E-state index is -3.16. The summed E-state index contributed by atoms with van der Waals surface area (Å²) in [4.78, 5) is 10.9. The van der Waals surface area contributed by atoms with Crippen molar-refractivity contribution in [3.05, 3.63) is 47.8 Å². The lowest BCUT2D eigenvalue weighted by atomic mass is 10.1. The maximum absolute atomic E-state index is 11.5. The largest absolute Gasteiger partial charge is 0.337 e. The quantitative estimate of drug-likeness (QED) is 0.868. The molecule has 0 saturated heterocycles. The summed E-state index contributed by atoms with van der Waals surface area (Å²) in [6.07, 6.45) is 2.94. The number of anilines is 1. The van der Waals surface area contributed by atoms with Gasteiger partial charge in [0, 0.05) is 25.2 Å². The van der Waals surface area contributed by atoms with Crippen molar-refractivity contribution in [2.75, 3.05) is 18.2 Å². The van der Waals surface area contributed by atoms with Crippen molar-refractivity contribution in [2.24, 2.45) is 0 Å². The number of hydrogen-bond acceptors (Lipinski definition) is 5. The van der Waals surface area contributed by atoms with Gasteiger partial charge in [-0.15, -0.1) is 0 Å². The maximum atomic E-state index is 11.5. The van der Waals surface area contributed by atoms with Crippen LogP contribution in [-0.2, 0) is 9.84 Å². The SMILES string of the molecule is Cc1ccnc(N(C)[C@H](C)c2ccc(S(C)(=O)=O)cc2)n1. The molecule has 1 atom stereocenters. The first kappa shape index (κ1) is 15.4. The zero-order valence-electron chi connectivity index (χ0n) is 12.6. The van der Waals surface area contributed by atoms with Crippen LogP contribution in [0.25, 0.3) is 0 Å². The second-order valence-corrected chi connectivity index (χ2v) is 7.14.